The fourth-order valence-corrected chi connectivity index (χ4v) is 1.94. The van der Waals surface area contributed by atoms with Crippen molar-refractivity contribution < 1.29 is 9.18 Å². The summed E-state index contributed by atoms with van der Waals surface area (Å²) in [5.74, 6) is -0.654. The Morgan fingerprint density at radius 3 is 2.59 bits per heavy atom. The van der Waals surface area contributed by atoms with Crippen LogP contribution in [0.3, 0.4) is 0 Å². The molecule has 0 heterocycles. The fourth-order valence-electron chi connectivity index (χ4n) is 1.94. The van der Waals surface area contributed by atoms with Gasteiger partial charge in [0.25, 0.3) is 0 Å². The molecule has 1 unspecified atom stereocenters. The minimum absolute atomic E-state index is 0.258. The first-order valence-corrected chi connectivity index (χ1v) is 6.87. The summed E-state index contributed by atoms with van der Waals surface area (Å²) in [6.45, 7) is 1.72. The molecule has 0 aliphatic carbocycles. The van der Waals surface area contributed by atoms with E-state index in [9.17, 15) is 9.18 Å². The molecule has 0 radical (unpaired) electrons. The van der Waals surface area contributed by atoms with E-state index in [1.165, 1.54) is 18.2 Å². The van der Waals surface area contributed by atoms with Crippen LogP contribution in [0.5, 0.6) is 0 Å². The van der Waals surface area contributed by atoms with Gasteiger partial charge in [-0.1, -0.05) is 18.2 Å². The zero-order valence-electron chi connectivity index (χ0n) is 12.1. The summed E-state index contributed by atoms with van der Waals surface area (Å²) in [4.78, 5) is 12.1. The van der Waals surface area contributed by atoms with Crippen LogP contribution >= 0.6 is 0 Å². The Morgan fingerprint density at radius 1 is 1.23 bits per heavy atom. The summed E-state index contributed by atoms with van der Waals surface area (Å²) in [6.07, 6.45) is 0.357. The van der Waals surface area contributed by atoms with Crippen LogP contribution in [0.25, 0.3) is 0 Å². The van der Waals surface area contributed by atoms with Gasteiger partial charge in [0.15, 0.2) is 0 Å². The van der Waals surface area contributed by atoms with Gasteiger partial charge in [0.1, 0.15) is 11.9 Å². The number of amides is 1. The number of anilines is 2. The molecule has 0 aliphatic rings. The van der Waals surface area contributed by atoms with Gasteiger partial charge in [-0.3, -0.25) is 4.79 Å². The molecule has 2 aromatic carbocycles. The van der Waals surface area contributed by atoms with E-state index in [4.69, 9.17) is 5.26 Å². The van der Waals surface area contributed by atoms with E-state index in [0.29, 0.717) is 12.1 Å². The maximum absolute atomic E-state index is 13.1. The van der Waals surface area contributed by atoms with E-state index in [0.717, 1.165) is 11.3 Å². The van der Waals surface area contributed by atoms with Crippen LogP contribution in [0.15, 0.2) is 48.5 Å². The molecule has 2 N–H and O–H groups in total. The molecule has 0 aromatic heterocycles. The minimum atomic E-state index is -0.481. The summed E-state index contributed by atoms with van der Waals surface area (Å²) in [5.41, 5.74) is 2.12. The molecular formula is C17H16FN3O. The largest absolute Gasteiger partial charge is 0.374 e. The Balaban J connectivity index is 1.95. The molecule has 5 heteroatoms. The molecule has 0 fully saturated rings. The molecular weight excluding hydrogens is 281 g/mol. The quantitative estimate of drug-likeness (QED) is 0.889. The van der Waals surface area contributed by atoms with Crippen LogP contribution < -0.4 is 10.6 Å². The smallest absolute Gasteiger partial charge is 0.246 e. The zero-order valence-corrected chi connectivity index (χ0v) is 12.1. The third-order valence-corrected chi connectivity index (χ3v) is 3.11. The van der Waals surface area contributed by atoms with Crippen molar-refractivity contribution in [3.05, 3.63) is 59.9 Å². The highest BCUT2D eigenvalue weighted by Crippen LogP contribution is 2.13. The number of rotatable bonds is 5. The fraction of sp³-hybridized carbons (Fsp3) is 0.176. The first-order valence-electron chi connectivity index (χ1n) is 6.87. The van der Waals surface area contributed by atoms with Crippen LogP contribution in [-0.4, -0.2) is 11.9 Å². The van der Waals surface area contributed by atoms with Crippen molar-refractivity contribution in [2.24, 2.45) is 0 Å². The lowest BCUT2D eigenvalue weighted by atomic mass is 10.1. The second-order valence-electron chi connectivity index (χ2n) is 4.90. The maximum Gasteiger partial charge on any atom is 0.246 e. The monoisotopic (exact) mass is 297 g/mol. The van der Waals surface area contributed by atoms with E-state index >= 15 is 0 Å². The standard InChI is InChI=1S/C17H16FN3O/c1-12(17(22)21-16-4-2-3-14(18)11-16)20-15-7-5-13(6-8-15)9-10-19/h2-8,11-12,20H,9H2,1H3,(H,21,22). The van der Waals surface area contributed by atoms with E-state index in [1.54, 1.807) is 13.0 Å². The molecule has 4 nitrogen and oxygen atoms in total. The number of carbonyl (C=O) groups excluding carboxylic acids is 1. The lowest BCUT2D eigenvalue weighted by Crippen LogP contribution is -2.31. The molecule has 1 atom stereocenters. The van der Waals surface area contributed by atoms with Gasteiger partial charge in [-0.15, -0.1) is 0 Å². The molecule has 2 rings (SSSR count). The lowest BCUT2D eigenvalue weighted by molar-refractivity contribution is -0.116. The average Bonchev–Trinajstić information content (AvgIpc) is 2.49. The summed E-state index contributed by atoms with van der Waals surface area (Å²) in [6, 6.07) is 14.7. The summed E-state index contributed by atoms with van der Waals surface area (Å²) in [5, 5.41) is 14.3. The van der Waals surface area contributed by atoms with Crippen molar-refractivity contribution in [1.29, 1.82) is 5.26 Å². The van der Waals surface area contributed by atoms with Crippen molar-refractivity contribution in [2.45, 2.75) is 19.4 Å². The molecule has 2 aromatic rings. The van der Waals surface area contributed by atoms with Gasteiger partial charge in [-0.25, -0.2) is 4.39 Å². The van der Waals surface area contributed by atoms with Crippen molar-refractivity contribution in [1.82, 2.24) is 0 Å². The number of nitrogens with zero attached hydrogens (tertiary/aromatic N) is 1. The first kappa shape index (κ1) is 15.5. The third-order valence-electron chi connectivity index (χ3n) is 3.11. The molecule has 0 spiro atoms. The van der Waals surface area contributed by atoms with Crippen LogP contribution in [0.1, 0.15) is 12.5 Å². The number of carbonyl (C=O) groups is 1. The molecule has 0 saturated carbocycles. The topological polar surface area (TPSA) is 64.9 Å². The van der Waals surface area contributed by atoms with Crippen molar-refractivity contribution in [2.75, 3.05) is 10.6 Å². The van der Waals surface area contributed by atoms with Crippen LogP contribution in [0.4, 0.5) is 15.8 Å². The number of hydrogen-bond donors (Lipinski definition) is 2. The second kappa shape index (κ2) is 7.23. The molecule has 0 aliphatic heterocycles. The molecule has 0 saturated heterocycles. The summed E-state index contributed by atoms with van der Waals surface area (Å²) >= 11 is 0. The van der Waals surface area contributed by atoms with Gasteiger partial charge < -0.3 is 10.6 Å². The van der Waals surface area contributed by atoms with Crippen LogP contribution in [-0.2, 0) is 11.2 Å². The van der Waals surface area contributed by atoms with Crippen LogP contribution in [0, 0.1) is 17.1 Å². The summed E-state index contributed by atoms with van der Waals surface area (Å²) < 4.78 is 13.1. The molecule has 112 valence electrons. The molecule has 0 bridgehead atoms. The predicted molar refractivity (Wildman–Crippen MR) is 83.9 cm³/mol. The zero-order chi connectivity index (χ0) is 15.9. The highest BCUT2D eigenvalue weighted by atomic mass is 19.1. The normalized spacial score (nSPS) is 11.3. The van der Waals surface area contributed by atoms with Crippen molar-refractivity contribution >= 4 is 17.3 Å². The molecule has 22 heavy (non-hydrogen) atoms. The first-order chi connectivity index (χ1) is 10.6. The minimum Gasteiger partial charge on any atom is -0.374 e. The second-order valence-corrected chi connectivity index (χ2v) is 4.90. The number of nitrogens with one attached hydrogen (secondary N) is 2. The van der Waals surface area contributed by atoms with E-state index in [2.05, 4.69) is 16.7 Å². The highest BCUT2D eigenvalue weighted by Gasteiger charge is 2.13. The number of nitriles is 1. The van der Waals surface area contributed by atoms with Crippen LogP contribution in [0.2, 0.25) is 0 Å². The Kier molecular flexibility index (Phi) is 5.10. The van der Waals surface area contributed by atoms with Gasteiger partial charge in [0, 0.05) is 11.4 Å². The van der Waals surface area contributed by atoms with Gasteiger partial charge in [0.2, 0.25) is 5.91 Å². The van der Waals surface area contributed by atoms with Gasteiger partial charge >= 0.3 is 0 Å². The number of benzene rings is 2. The van der Waals surface area contributed by atoms with Crippen molar-refractivity contribution in [3.8, 4) is 6.07 Å². The van der Waals surface area contributed by atoms with E-state index in [1.807, 2.05) is 24.3 Å². The number of halogens is 1. The van der Waals surface area contributed by atoms with Crippen molar-refractivity contribution in [3.63, 3.8) is 0 Å². The Labute approximate surface area is 128 Å². The number of hydrogen-bond acceptors (Lipinski definition) is 3. The SMILES string of the molecule is CC(Nc1ccc(CC#N)cc1)C(=O)Nc1cccc(F)c1. The van der Waals surface area contributed by atoms with Gasteiger partial charge in [-0.05, 0) is 42.8 Å². The highest BCUT2D eigenvalue weighted by molar-refractivity contribution is 5.96. The lowest BCUT2D eigenvalue weighted by Gasteiger charge is -2.15. The van der Waals surface area contributed by atoms with E-state index in [-0.39, 0.29) is 5.91 Å². The molecule has 1 amide bonds. The Morgan fingerprint density at radius 2 is 1.95 bits per heavy atom. The Hall–Kier alpha value is -2.87. The average molecular weight is 297 g/mol. The Bertz CT molecular complexity index is 692. The maximum atomic E-state index is 13.1. The van der Waals surface area contributed by atoms with Gasteiger partial charge in [-0.2, -0.15) is 5.26 Å². The third kappa shape index (κ3) is 4.32. The van der Waals surface area contributed by atoms with Gasteiger partial charge in [0.05, 0.1) is 12.5 Å². The predicted octanol–water partition coefficient (Wildman–Crippen LogP) is 3.33. The summed E-state index contributed by atoms with van der Waals surface area (Å²) in [7, 11) is 0. The van der Waals surface area contributed by atoms with E-state index < -0.39 is 11.9 Å².